The maximum Gasteiger partial charge on any atom is 0.242 e. The molecule has 4 aromatic carbocycles. The summed E-state index contributed by atoms with van der Waals surface area (Å²) < 4.78 is 13.9. The van der Waals surface area contributed by atoms with Crippen molar-refractivity contribution in [2.45, 2.75) is 32.6 Å². The van der Waals surface area contributed by atoms with Crippen LogP contribution in [0.5, 0.6) is 17.2 Å². The van der Waals surface area contributed by atoms with Crippen molar-refractivity contribution in [1.82, 2.24) is 9.78 Å². The third-order valence-corrected chi connectivity index (χ3v) is 15.3. The zero-order valence-electron chi connectivity index (χ0n) is 34.9. The van der Waals surface area contributed by atoms with Crippen molar-refractivity contribution in [1.29, 1.82) is 0 Å². The van der Waals surface area contributed by atoms with Gasteiger partial charge >= 0.3 is 0 Å². The minimum Gasteiger partial charge on any atom is -0.507 e. The van der Waals surface area contributed by atoms with E-state index in [1.54, 1.807) is 74.6 Å². The molecule has 6 unspecified atom stereocenters. The van der Waals surface area contributed by atoms with Crippen LogP contribution in [-0.4, -0.2) is 58.5 Å². The molecule has 4 heterocycles. The van der Waals surface area contributed by atoms with E-state index in [4.69, 9.17) is 26.2 Å². The molecule has 6 atom stereocenters. The SMILES string of the molecule is COc1cc(O)c(C2C3=CCC4C(=O)N(c5ccc(C(=O)c6ccccc6)cc5)C(=O)C4C3CC3C(=O)N(c4cc(-c5sc6ccc(Cl)cc6c5C)nn4C)C(=O)C32C)c(OC)c1. The molecule has 63 heavy (non-hydrogen) atoms. The summed E-state index contributed by atoms with van der Waals surface area (Å²) in [6.07, 6.45) is 2.20. The van der Waals surface area contributed by atoms with Gasteiger partial charge in [0, 0.05) is 57.6 Å². The summed E-state index contributed by atoms with van der Waals surface area (Å²) in [7, 11) is 4.60. The molecule has 2 saturated heterocycles. The quantitative estimate of drug-likeness (QED) is 0.0901. The Kier molecular flexibility index (Phi) is 9.50. The Hall–Kier alpha value is -6.57. The number of amides is 4. The summed E-state index contributed by atoms with van der Waals surface area (Å²) in [5.41, 5.74) is 2.28. The molecular weight excluding hydrogens is 840 g/mol. The van der Waals surface area contributed by atoms with Crippen LogP contribution < -0.4 is 19.3 Å². The number of fused-ring (bicyclic) bond motifs is 5. The van der Waals surface area contributed by atoms with E-state index in [0.29, 0.717) is 38.9 Å². The van der Waals surface area contributed by atoms with Gasteiger partial charge in [0.25, 0.3) is 0 Å². The average Bonchev–Trinajstić information content (AvgIpc) is 3.96. The largest absolute Gasteiger partial charge is 0.507 e. The van der Waals surface area contributed by atoms with Crippen molar-refractivity contribution in [3.05, 3.63) is 130 Å². The number of phenolic OH excluding ortho intramolecular Hbond substituents is 1. The molecule has 1 saturated carbocycles. The van der Waals surface area contributed by atoms with E-state index in [1.165, 1.54) is 46.1 Å². The number of ether oxygens (including phenoxy) is 2. The molecule has 2 aromatic heterocycles. The molecule has 6 aromatic rings. The van der Waals surface area contributed by atoms with E-state index in [1.807, 2.05) is 37.3 Å². The highest BCUT2D eigenvalue weighted by molar-refractivity contribution is 7.22. The van der Waals surface area contributed by atoms with Crippen LogP contribution in [-0.2, 0) is 26.2 Å². The fourth-order valence-corrected chi connectivity index (χ4v) is 12.0. The Morgan fingerprint density at radius 3 is 2.32 bits per heavy atom. The smallest absolute Gasteiger partial charge is 0.242 e. The van der Waals surface area contributed by atoms with Crippen molar-refractivity contribution in [3.63, 3.8) is 0 Å². The van der Waals surface area contributed by atoms with E-state index in [2.05, 4.69) is 0 Å². The molecule has 3 fully saturated rings. The Balaban J connectivity index is 1.06. The van der Waals surface area contributed by atoms with Crippen molar-refractivity contribution in [2.24, 2.45) is 36.1 Å². The fraction of sp³-hybridized carbons (Fsp3) is 0.265. The van der Waals surface area contributed by atoms with Gasteiger partial charge in [-0.1, -0.05) is 53.6 Å². The second-order valence-electron chi connectivity index (χ2n) is 16.9. The lowest BCUT2D eigenvalue weighted by atomic mass is 9.51. The number of anilines is 2. The van der Waals surface area contributed by atoms with Gasteiger partial charge in [-0.2, -0.15) is 5.10 Å². The monoisotopic (exact) mass is 880 g/mol. The number of carbonyl (C=O) groups excluding carboxylic acids is 5. The van der Waals surface area contributed by atoms with Gasteiger partial charge in [0.2, 0.25) is 23.6 Å². The van der Waals surface area contributed by atoms with Gasteiger partial charge in [-0.15, -0.1) is 11.3 Å². The third-order valence-electron chi connectivity index (χ3n) is 13.8. The first-order valence-electron chi connectivity index (χ1n) is 20.6. The molecule has 0 spiro atoms. The Labute approximate surface area is 371 Å². The molecule has 4 aliphatic rings. The number of allylic oxidation sites excluding steroid dienone is 2. The number of imide groups is 2. The van der Waals surface area contributed by atoms with Gasteiger partial charge in [0.1, 0.15) is 28.8 Å². The maximum atomic E-state index is 15.4. The number of ketones is 1. The first-order valence-corrected chi connectivity index (χ1v) is 21.8. The number of aromatic nitrogens is 2. The van der Waals surface area contributed by atoms with Gasteiger partial charge < -0.3 is 14.6 Å². The molecule has 2 aliphatic heterocycles. The summed E-state index contributed by atoms with van der Waals surface area (Å²) in [5.74, 6) is -5.53. The topological polar surface area (TPSA) is 148 Å². The summed E-state index contributed by atoms with van der Waals surface area (Å²) >= 11 is 7.88. The molecule has 14 heteroatoms. The number of hydrogen-bond acceptors (Lipinski definition) is 10. The zero-order valence-corrected chi connectivity index (χ0v) is 36.5. The average molecular weight is 881 g/mol. The number of aromatic hydroxyl groups is 1. The highest BCUT2D eigenvalue weighted by atomic mass is 35.5. The minimum atomic E-state index is -1.48. The standard InChI is InChI=1S/C49H41ClN4O8S/c1-24-32-19-27(50)13-18-38(32)63-44(24)35-23-39(52(3)51-35)54-46(58)34-22-33-30(42(49(34,2)48(54)60)41-36(55)20-29(61-4)21-37(41)62-5)16-17-31-40(33)47(59)53(45(31)57)28-14-11-26(12-15-28)43(56)25-9-7-6-8-10-25/h6-16,18-21,23,31,33-34,40,42,55H,17,22H2,1-5H3. The zero-order chi connectivity index (χ0) is 44.2. The Bertz CT molecular complexity index is 2990. The van der Waals surface area contributed by atoms with Crippen LogP contribution in [0.25, 0.3) is 20.7 Å². The van der Waals surface area contributed by atoms with Crippen LogP contribution >= 0.6 is 22.9 Å². The lowest BCUT2D eigenvalue weighted by Crippen LogP contribution is -2.49. The van der Waals surface area contributed by atoms with Gasteiger partial charge in [-0.05, 0) is 86.0 Å². The first-order chi connectivity index (χ1) is 30.3. The van der Waals surface area contributed by atoms with Crippen molar-refractivity contribution < 1.29 is 38.6 Å². The van der Waals surface area contributed by atoms with Gasteiger partial charge in [-0.3, -0.25) is 33.6 Å². The predicted octanol–water partition coefficient (Wildman–Crippen LogP) is 8.65. The van der Waals surface area contributed by atoms with Crippen molar-refractivity contribution in [2.75, 3.05) is 24.0 Å². The number of nitrogens with zero attached hydrogens (tertiary/aromatic N) is 4. The van der Waals surface area contributed by atoms with Crippen molar-refractivity contribution in [3.8, 4) is 27.8 Å². The van der Waals surface area contributed by atoms with Crippen LogP contribution in [0.1, 0.15) is 52.7 Å². The van der Waals surface area contributed by atoms with Crippen LogP contribution in [0.3, 0.4) is 0 Å². The molecule has 10 rings (SSSR count). The lowest BCUT2D eigenvalue weighted by Gasteiger charge is -2.49. The summed E-state index contributed by atoms with van der Waals surface area (Å²) in [6.45, 7) is 3.74. The number of halogens is 1. The number of rotatable bonds is 8. The second kappa shape index (κ2) is 14.8. The van der Waals surface area contributed by atoms with E-state index < -0.39 is 52.7 Å². The number of hydrogen-bond donors (Lipinski definition) is 1. The molecule has 0 radical (unpaired) electrons. The number of thiophene rings is 1. The van der Waals surface area contributed by atoms with Crippen LogP contribution in [0.4, 0.5) is 11.5 Å². The molecule has 12 nitrogen and oxygen atoms in total. The Morgan fingerprint density at radius 1 is 0.873 bits per heavy atom. The van der Waals surface area contributed by atoms with E-state index >= 15 is 9.59 Å². The highest BCUT2D eigenvalue weighted by Crippen LogP contribution is 2.66. The first kappa shape index (κ1) is 40.5. The summed E-state index contributed by atoms with van der Waals surface area (Å²) in [4.78, 5) is 76.1. The highest BCUT2D eigenvalue weighted by Gasteiger charge is 2.68. The van der Waals surface area contributed by atoms with Gasteiger partial charge in [0.05, 0.1) is 48.0 Å². The lowest BCUT2D eigenvalue weighted by molar-refractivity contribution is -0.131. The Morgan fingerprint density at radius 2 is 1.60 bits per heavy atom. The molecule has 2 aliphatic carbocycles. The molecular formula is C49H41ClN4O8S. The molecule has 4 amide bonds. The number of aryl methyl sites for hydroxylation is 2. The maximum absolute atomic E-state index is 15.4. The molecule has 1 N–H and O–H groups in total. The normalized spacial score (nSPS) is 24.1. The predicted molar refractivity (Wildman–Crippen MR) is 238 cm³/mol. The van der Waals surface area contributed by atoms with E-state index in [-0.39, 0.29) is 47.4 Å². The van der Waals surface area contributed by atoms with Crippen molar-refractivity contribution >= 4 is 73.9 Å². The number of carbonyl (C=O) groups is 5. The molecule has 0 bridgehead atoms. The van der Waals surface area contributed by atoms with Crippen LogP contribution in [0.15, 0.2) is 103 Å². The van der Waals surface area contributed by atoms with Crippen LogP contribution in [0.2, 0.25) is 5.02 Å². The van der Waals surface area contributed by atoms with Gasteiger partial charge in [-0.25, -0.2) is 4.90 Å². The number of benzene rings is 4. The summed E-state index contributed by atoms with van der Waals surface area (Å²) in [5, 5.41) is 18.3. The van der Waals surface area contributed by atoms with Gasteiger partial charge in [0.15, 0.2) is 5.78 Å². The van der Waals surface area contributed by atoms with E-state index in [0.717, 1.165) is 20.5 Å². The second-order valence-corrected chi connectivity index (χ2v) is 18.4. The van der Waals surface area contributed by atoms with Crippen LogP contribution in [0, 0.1) is 36.0 Å². The molecule has 318 valence electrons. The third kappa shape index (κ3) is 5.92. The number of methoxy groups -OCH3 is 2. The summed E-state index contributed by atoms with van der Waals surface area (Å²) in [6, 6.07) is 25.8. The fourth-order valence-electron chi connectivity index (χ4n) is 10.7. The number of phenols is 1. The van der Waals surface area contributed by atoms with E-state index in [9.17, 15) is 19.5 Å². The minimum absolute atomic E-state index is 0.0958.